The summed E-state index contributed by atoms with van der Waals surface area (Å²) in [5, 5.41) is 3.01. The van der Waals surface area contributed by atoms with Crippen molar-refractivity contribution in [2.45, 2.75) is 63.9 Å². The van der Waals surface area contributed by atoms with E-state index in [-0.39, 0.29) is 24.4 Å². The Hall–Kier alpha value is -1.72. The van der Waals surface area contributed by atoms with Gasteiger partial charge in [-0.3, -0.25) is 9.59 Å². The van der Waals surface area contributed by atoms with Crippen LogP contribution in [-0.2, 0) is 25.7 Å². The molecule has 0 radical (unpaired) electrons. The van der Waals surface area contributed by atoms with E-state index >= 15 is 0 Å². The van der Waals surface area contributed by atoms with Crippen LogP contribution in [0.3, 0.4) is 0 Å². The number of carbonyl (C=O) groups is 2. The number of ketones is 1. The van der Waals surface area contributed by atoms with Gasteiger partial charge in [0.1, 0.15) is 18.2 Å². The number of amides is 1. The van der Waals surface area contributed by atoms with Gasteiger partial charge >= 0.3 is 0 Å². The van der Waals surface area contributed by atoms with E-state index in [1.54, 1.807) is 0 Å². The smallest absolute Gasteiger partial charge is 0.250 e. The summed E-state index contributed by atoms with van der Waals surface area (Å²) in [6, 6.07) is 9.81. The van der Waals surface area contributed by atoms with Crippen molar-refractivity contribution in [2.75, 3.05) is 6.61 Å². The third-order valence-corrected chi connectivity index (χ3v) is 5.12. The maximum Gasteiger partial charge on any atom is 0.250 e. The first-order chi connectivity index (χ1) is 12.0. The SMILES string of the molecule is CC(C)CC(OCc1ccccc1)C(=O)NC12CCCC1OCC2=O. The van der Waals surface area contributed by atoms with Crippen LogP contribution in [-0.4, -0.2) is 36.0 Å². The average Bonchev–Trinajstić information content (AvgIpc) is 3.12. The minimum atomic E-state index is -0.831. The third kappa shape index (κ3) is 3.93. The highest BCUT2D eigenvalue weighted by Gasteiger charge is 2.55. The van der Waals surface area contributed by atoms with Crippen molar-refractivity contribution in [3.05, 3.63) is 35.9 Å². The Balaban J connectivity index is 1.67. The molecule has 0 bridgehead atoms. The van der Waals surface area contributed by atoms with Crippen molar-refractivity contribution in [1.82, 2.24) is 5.32 Å². The molecule has 1 aromatic carbocycles. The molecular formula is C20H27NO4. The van der Waals surface area contributed by atoms with Gasteiger partial charge in [-0.2, -0.15) is 0 Å². The van der Waals surface area contributed by atoms with Crippen LogP contribution in [0.1, 0.15) is 45.1 Å². The lowest BCUT2D eigenvalue weighted by atomic mass is 9.91. The number of hydrogen-bond donors (Lipinski definition) is 1. The lowest BCUT2D eigenvalue weighted by Gasteiger charge is -2.30. The Morgan fingerprint density at radius 3 is 2.84 bits per heavy atom. The summed E-state index contributed by atoms with van der Waals surface area (Å²) in [6.45, 7) is 4.61. The van der Waals surface area contributed by atoms with Gasteiger partial charge in [0.15, 0.2) is 5.78 Å². The Morgan fingerprint density at radius 1 is 1.36 bits per heavy atom. The first kappa shape index (κ1) is 18.1. The summed E-state index contributed by atoms with van der Waals surface area (Å²) in [5.41, 5.74) is 0.198. The van der Waals surface area contributed by atoms with Crippen molar-refractivity contribution in [3.8, 4) is 0 Å². The molecular weight excluding hydrogens is 318 g/mol. The lowest BCUT2D eigenvalue weighted by molar-refractivity contribution is -0.140. The second-order valence-corrected chi connectivity index (χ2v) is 7.49. The topological polar surface area (TPSA) is 64.6 Å². The Morgan fingerprint density at radius 2 is 2.12 bits per heavy atom. The molecule has 3 atom stereocenters. The fraction of sp³-hybridized carbons (Fsp3) is 0.600. The van der Waals surface area contributed by atoms with Gasteiger partial charge in [0.05, 0.1) is 12.7 Å². The van der Waals surface area contributed by atoms with E-state index in [1.165, 1.54) is 0 Å². The zero-order valence-electron chi connectivity index (χ0n) is 15.0. The number of hydrogen-bond acceptors (Lipinski definition) is 4. The molecule has 0 aromatic heterocycles. The van der Waals surface area contributed by atoms with Gasteiger partial charge in [-0.15, -0.1) is 0 Å². The average molecular weight is 345 g/mol. The van der Waals surface area contributed by atoms with Crippen molar-refractivity contribution in [3.63, 3.8) is 0 Å². The van der Waals surface area contributed by atoms with Crippen molar-refractivity contribution >= 4 is 11.7 Å². The van der Waals surface area contributed by atoms with Crippen LogP contribution in [0.2, 0.25) is 0 Å². The molecule has 1 aromatic rings. The van der Waals surface area contributed by atoms with Gasteiger partial charge in [-0.25, -0.2) is 0 Å². The van der Waals surface area contributed by atoms with Crippen LogP contribution < -0.4 is 5.32 Å². The summed E-state index contributed by atoms with van der Waals surface area (Å²) in [4.78, 5) is 25.3. The summed E-state index contributed by atoms with van der Waals surface area (Å²) in [7, 11) is 0. The first-order valence-corrected chi connectivity index (χ1v) is 9.14. The molecule has 5 heteroatoms. The summed E-state index contributed by atoms with van der Waals surface area (Å²) < 4.78 is 11.5. The Labute approximate surface area is 149 Å². The number of rotatable bonds is 7. The molecule has 1 aliphatic carbocycles. The van der Waals surface area contributed by atoms with Gasteiger partial charge in [0.25, 0.3) is 0 Å². The predicted octanol–water partition coefficient (Wildman–Crippen LogP) is 2.62. The number of ether oxygens (including phenoxy) is 2. The summed E-state index contributed by atoms with van der Waals surface area (Å²) >= 11 is 0. The molecule has 25 heavy (non-hydrogen) atoms. The summed E-state index contributed by atoms with van der Waals surface area (Å²) in [5.74, 6) is 0.115. The molecule has 1 heterocycles. The second kappa shape index (κ2) is 7.67. The van der Waals surface area contributed by atoms with Crippen LogP contribution in [0.4, 0.5) is 0 Å². The van der Waals surface area contributed by atoms with Gasteiger partial charge in [-0.1, -0.05) is 44.2 Å². The Kier molecular flexibility index (Phi) is 5.54. The number of carbonyl (C=O) groups excluding carboxylic acids is 2. The highest BCUT2D eigenvalue weighted by molar-refractivity contribution is 5.97. The maximum absolute atomic E-state index is 12.9. The van der Waals surface area contributed by atoms with Gasteiger partial charge < -0.3 is 14.8 Å². The molecule has 1 amide bonds. The van der Waals surface area contributed by atoms with Crippen LogP contribution in [0.5, 0.6) is 0 Å². The second-order valence-electron chi connectivity index (χ2n) is 7.49. The zero-order chi connectivity index (χ0) is 17.9. The normalized spacial score (nSPS) is 26.7. The lowest BCUT2D eigenvalue weighted by Crippen LogP contribution is -2.58. The molecule has 1 N–H and O–H groups in total. The largest absolute Gasteiger partial charge is 0.367 e. The fourth-order valence-corrected chi connectivity index (χ4v) is 3.79. The summed E-state index contributed by atoms with van der Waals surface area (Å²) in [6.07, 6.45) is 2.26. The molecule has 1 saturated heterocycles. The molecule has 2 aliphatic rings. The number of benzene rings is 1. The molecule has 5 nitrogen and oxygen atoms in total. The van der Waals surface area contributed by atoms with Crippen LogP contribution >= 0.6 is 0 Å². The molecule has 2 fully saturated rings. The van der Waals surface area contributed by atoms with Crippen molar-refractivity contribution < 1.29 is 19.1 Å². The van der Waals surface area contributed by atoms with Gasteiger partial charge in [0, 0.05) is 0 Å². The minimum Gasteiger partial charge on any atom is -0.367 e. The van der Waals surface area contributed by atoms with E-state index in [1.807, 2.05) is 30.3 Å². The molecule has 3 rings (SSSR count). The van der Waals surface area contributed by atoms with E-state index < -0.39 is 11.6 Å². The standard InChI is InChI=1S/C20H27NO4/c1-14(2)11-16(24-12-15-7-4-3-5-8-15)19(23)21-20-10-6-9-18(20)25-13-17(20)22/h3-5,7-8,14,16,18H,6,9-13H2,1-2H3,(H,21,23). The molecule has 136 valence electrons. The number of nitrogens with one attached hydrogen (secondary N) is 1. The highest BCUT2D eigenvalue weighted by Crippen LogP contribution is 2.38. The molecule has 1 aliphatic heterocycles. The third-order valence-electron chi connectivity index (χ3n) is 5.12. The fourth-order valence-electron chi connectivity index (χ4n) is 3.79. The van der Waals surface area contributed by atoms with E-state index in [0.717, 1.165) is 18.4 Å². The van der Waals surface area contributed by atoms with E-state index in [0.29, 0.717) is 25.4 Å². The van der Waals surface area contributed by atoms with Gasteiger partial charge in [-0.05, 0) is 37.2 Å². The number of Topliss-reactive ketones (excluding diaryl/α,β-unsaturated/α-hetero) is 1. The monoisotopic (exact) mass is 345 g/mol. The van der Waals surface area contributed by atoms with E-state index in [9.17, 15) is 9.59 Å². The van der Waals surface area contributed by atoms with Crippen molar-refractivity contribution in [2.24, 2.45) is 5.92 Å². The highest BCUT2D eigenvalue weighted by atomic mass is 16.5. The zero-order valence-corrected chi connectivity index (χ0v) is 15.0. The molecule has 0 spiro atoms. The molecule has 3 unspecified atom stereocenters. The number of fused-ring (bicyclic) bond motifs is 1. The quantitative estimate of drug-likeness (QED) is 0.825. The van der Waals surface area contributed by atoms with Crippen LogP contribution in [0, 0.1) is 5.92 Å². The van der Waals surface area contributed by atoms with Crippen molar-refractivity contribution in [1.29, 1.82) is 0 Å². The van der Waals surface area contributed by atoms with Crippen LogP contribution in [0.15, 0.2) is 30.3 Å². The molecule has 1 saturated carbocycles. The predicted molar refractivity (Wildman–Crippen MR) is 93.9 cm³/mol. The first-order valence-electron chi connectivity index (χ1n) is 9.14. The maximum atomic E-state index is 12.9. The van der Waals surface area contributed by atoms with Crippen LogP contribution in [0.25, 0.3) is 0 Å². The Bertz CT molecular complexity index is 615. The van der Waals surface area contributed by atoms with Gasteiger partial charge in [0.2, 0.25) is 5.91 Å². The van der Waals surface area contributed by atoms with E-state index in [2.05, 4.69) is 19.2 Å². The minimum absolute atomic E-state index is 0.00490. The van der Waals surface area contributed by atoms with E-state index in [4.69, 9.17) is 9.47 Å².